The topological polar surface area (TPSA) is 71.1 Å². The smallest absolute Gasteiger partial charge is 0.329 e. The van der Waals surface area contributed by atoms with Crippen LogP contribution in [-0.4, -0.2) is 26.2 Å². The minimum Gasteiger partial charge on any atom is -0.493 e. The molecule has 2 aromatic carbocycles. The molecular formula is C21H22F2O6. The Labute approximate surface area is 167 Å². The number of rotatable bonds is 8. The second kappa shape index (κ2) is 9.36. The maximum Gasteiger partial charge on any atom is 0.329 e. The normalized spacial score (nSPS) is 11.0. The van der Waals surface area contributed by atoms with E-state index in [0.717, 1.165) is 24.3 Å². The van der Waals surface area contributed by atoms with Crippen LogP contribution in [0.15, 0.2) is 36.4 Å². The van der Waals surface area contributed by atoms with Crippen LogP contribution < -0.4 is 18.9 Å². The van der Waals surface area contributed by atoms with Gasteiger partial charge in [0.1, 0.15) is 11.6 Å². The van der Waals surface area contributed by atoms with Crippen LogP contribution in [0.4, 0.5) is 8.78 Å². The minimum atomic E-state index is -1.64. The standard InChI is InChI=1S/C21H22F2O6/c1-5-21(6-2,19(24)28-15-9-7-13(22)11-17(15)26-3)20(25)29-16-10-8-14(23)12-18(16)27-4/h7-12H,5-6H2,1-4H3. The highest BCUT2D eigenvalue weighted by Crippen LogP contribution is 2.36. The summed E-state index contributed by atoms with van der Waals surface area (Å²) in [5, 5.41) is 0. The fourth-order valence-corrected chi connectivity index (χ4v) is 2.76. The summed E-state index contributed by atoms with van der Waals surface area (Å²) in [5.41, 5.74) is -1.64. The molecule has 2 rings (SSSR count). The number of methoxy groups -OCH3 is 2. The Balaban J connectivity index is 2.32. The fourth-order valence-electron chi connectivity index (χ4n) is 2.76. The van der Waals surface area contributed by atoms with Crippen molar-refractivity contribution in [2.45, 2.75) is 26.7 Å². The summed E-state index contributed by atoms with van der Waals surface area (Å²) in [6.07, 6.45) is 0.155. The summed E-state index contributed by atoms with van der Waals surface area (Å²) in [4.78, 5) is 25.9. The molecule has 8 heteroatoms. The van der Waals surface area contributed by atoms with Crippen LogP contribution in [0.2, 0.25) is 0 Å². The van der Waals surface area contributed by atoms with Gasteiger partial charge in [-0.1, -0.05) is 13.8 Å². The second-order valence-electron chi connectivity index (χ2n) is 6.16. The third-order valence-corrected chi connectivity index (χ3v) is 4.65. The van der Waals surface area contributed by atoms with Crippen LogP contribution in [0.5, 0.6) is 23.0 Å². The number of esters is 2. The summed E-state index contributed by atoms with van der Waals surface area (Å²) in [6, 6.07) is 6.79. The Hall–Kier alpha value is -3.16. The van der Waals surface area contributed by atoms with Crippen LogP contribution in [-0.2, 0) is 9.59 Å². The largest absolute Gasteiger partial charge is 0.493 e. The first kappa shape index (κ1) is 22.1. The Morgan fingerprint density at radius 3 is 1.45 bits per heavy atom. The van der Waals surface area contributed by atoms with Crippen molar-refractivity contribution in [1.82, 2.24) is 0 Å². The number of hydrogen-bond acceptors (Lipinski definition) is 6. The summed E-state index contributed by atoms with van der Waals surface area (Å²) < 4.78 is 47.5. The second-order valence-corrected chi connectivity index (χ2v) is 6.16. The number of benzene rings is 2. The van der Waals surface area contributed by atoms with Crippen molar-refractivity contribution in [2.24, 2.45) is 5.41 Å². The van der Waals surface area contributed by atoms with E-state index in [0.29, 0.717) is 0 Å². The molecule has 156 valence electrons. The van der Waals surface area contributed by atoms with Gasteiger partial charge in [-0.15, -0.1) is 0 Å². The molecule has 0 unspecified atom stereocenters. The van der Waals surface area contributed by atoms with Gasteiger partial charge >= 0.3 is 11.9 Å². The molecule has 0 aromatic heterocycles. The number of ether oxygens (including phenoxy) is 4. The fraction of sp³-hybridized carbons (Fsp3) is 0.333. The van der Waals surface area contributed by atoms with Gasteiger partial charge in [-0.3, -0.25) is 9.59 Å². The van der Waals surface area contributed by atoms with Gasteiger partial charge in [0.05, 0.1) is 14.2 Å². The van der Waals surface area contributed by atoms with E-state index in [1.54, 1.807) is 13.8 Å². The highest BCUT2D eigenvalue weighted by atomic mass is 19.1. The maximum absolute atomic E-state index is 13.4. The van der Waals surface area contributed by atoms with Gasteiger partial charge in [0.15, 0.2) is 28.4 Å². The Bertz CT molecular complexity index is 823. The van der Waals surface area contributed by atoms with Gasteiger partial charge in [-0.2, -0.15) is 0 Å². The molecule has 0 saturated heterocycles. The van der Waals surface area contributed by atoms with Crippen molar-refractivity contribution in [1.29, 1.82) is 0 Å². The lowest BCUT2D eigenvalue weighted by atomic mass is 9.82. The van der Waals surface area contributed by atoms with E-state index in [-0.39, 0.29) is 35.8 Å². The van der Waals surface area contributed by atoms with E-state index >= 15 is 0 Å². The molecule has 0 N–H and O–H groups in total. The van der Waals surface area contributed by atoms with Crippen molar-refractivity contribution in [3.63, 3.8) is 0 Å². The van der Waals surface area contributed by atoms with Crippen molar-refractivity contribution < 1.29 is 37.3 Å². The van der Waals surface area contributed by atoms with Crippen LogP contribution in [0.1, 0.15) is 26.7 Å². The molecule has 0 atom stereocenters. The highest BCUT2D eigenvalue weighted by Gasteiger charge is 2.47. The first-order valence-corrected chi connectivity index (χ1v) is 8.92. The van der Waals surface area contributed by atoms with E-state index in [4.69, 9.17) is 18.9 Å². The zero-order valence-electron chi connectivity index (χ0n) is 16.6. The summed E-state index contributed by atoms with van der Waals surface area (Å²) in [6.45, 7) is 3.27. The number of carbonyl (C=O) groups is 2. The predicted octanol–water partition coefficient (Wildman–Crippen LogP) is 4.30. The van der Waals surface area contributed by atoms with Crippen molar-refractivity contribution >= 4 is 11.9 Å². The first-order valence-electron chi connectivity index (χ1n) is 8.92. The Kier molecular flexibility index (Phi) is 7.14. The van der Waals surface area contributed by atoms with Crippen molar-refractivity contribution in [3.8, 4) is 23.0 Å². The molecule has 0 fully saturated rings. The molecule has 0 spiro atoms. The quantitative estimate of drug-likeness (QED) is 0.369. The minimum absolute atomic E-state index is 0.00743. The first-order chi connectivity index (χ1) is 13.8. The number of halogens is 2. The monoisotopic (exact) mass is 408 g/mol. The third kappa shape index (κ3) is 4.64. The van der Waals surface area contributed by atoms with Crippen LogP contribution in [0.3, 0.4) is 0 Å². The molecule has 0 aliphatic carbocycles. The molecule has 0 aliphatic heterocycles. The Morgan fingerprint density at radius 1 is 0.759 bits per heavy atom. The van der Waals surface area contributed by atoms with Crippen molar-refractivity contribution in [3.05, 3.63) is 48.0 Å². The van der Waals surface area contributed by atoms with Crippen molar-refractivity contribution in [2.75, 3.05) is 14.2 Å². The molecule has 2 aromatic rings. The van der Waals surface area contributed by atoms with Crippen LogP contribution >= 0.6 is 0 Å². The van der Waals surface area contributed by atoms with Gasteiger partial charge in [0.2, 0.25) is 0 Å². The molecule has 0 amide bonds. The van der Waals surface area contributed by atoms with E-state index in [1.807, 2.05) is 0 Å². The average molecular weight is 408 g/mol. The van der Waals surface area contributed by atoms with E-state index < -0.39 is 29.0 Å². The molecule has 6 nitrogen and oxygen atoms in total. The zero-order chi connectivity index (χ0) is 21.6. The molecule has 0 heterocycles. The predicted molar refractivity (Wildman–Crippen MR) is 100 cm³/mol. The molecule has 0 bridgehead atoms. The lowest BCUT2D eigenvalue weighted by Gasteiger charge is -2.27. The molecule has 0 saturated carbocycles. The number of carbonyl (C=O) groups excluding carboxylic acids is 2. The van der Waals surface area contributed by atoms with Gasteiger partial charge < -0.3 is 18.9 Å². The van der Waals surface area contributed by atoms with E-state index in [9.17, 15) is 18.4 Å². The van der Waals surface area contributed by atoms with E-state index in [2.05, 4.69) is 0 Å². The molecule has 29 heavy (non-hydrogen) atoms. The molecule has 0 radical (unpaired) electrons. The van der Waals surface area contributed by atoms with Gasteiger partial charge in [0, 0.05) is 12.1 Å². The lowest BCUT2D eigenvalue weighted by Crippen LogP contribution is -2.44. The van der Waals surface area contributed by atoms with Crippen LogP contribution in [0.25, 0.3) is 0 Å². The summed E-state index contributed by atoms with van der Waals surface area (Å²) >= 11 is 0. The highest BCUT2D eigenvalue weighted by molar-refractivity contribution is 6.01. The zero-order valence-corrected chi connectivity index (χ0v) is 16.6. The van der Waals surface area contributed by atoms with Gasteiger partial charge in [-0.25, -0.2) is 8.78 Å². The van der Waals surface area contributed by atoms with E-state index in [1.165, 1.54) is 26.4 Å². The van der Waals surface area contributed by atoms with Gasteiger partial charge in [-0.05, 0) is 37.1 Å². The number of hydrogen-bond donors (Lipinski definition) is 0. The van der Waals surface area contributed by atoms with Crippen LogP contribution in [0, 0.1) is 17.0 Å². The molecule has 0 aliphatic rings. The van der Waals surface area contributed by atoms with Gasteiger partial charge in [0.25, 0.3) is 0 Å². The average Bonchev–Trinajstić information content (AvgIpc) is 2.71. The maximum atomic E-state index is 13.4. The lowest BCUT2D eigenvalue weighted by molar-refractivity contribution is -0.161. The SMILES string of the molecule is CCC(CC)(C(=O)Oc1ccc(F)cc1OC)C(=O)Oc1ccc(F)cc1OC. The molecular weight excluding hydrogens is 386 g/mol. The third-order valence-electron chi connectivity index (χ3n) is 4.65. The summed E-state index contributed by atoms with van der Waals surface area (Å²) in [7, 11) is 2.60. The summed E-state index contributed by atoms with van der Waals surface area (Å²) in [5.74, 6) is -2.93. The Morgan fingerprint density at radius 2 is 1.14 bits per heavy atom.